The Morgan fingerprint density at radius 3 is 2.84 bits per heavy atom. The van der Waals surface area contributed by atoms with Gasteiger partial charge in [0.1, 0.15) is 5.82 Å². The summed E-state index contributed by atoms with van der Waals surface area (Å²) in [7, 11) is 1.61. The molecular weight excluding hydrogens is 251 g/mol. The van der Waals surface area contributed by atoms with Gasteiger partial charge in [0.25, 0.3) is 5.91 Å². The minimum Gasteiger partial charge on any atom is -0.396 e. The number of benzene rings is 1. The lowest BCUT2D eigenvalue weighted by Gasteiger charge is -2.07. The van der Waals surface area contributed by atoms with Crippen molar-refractivity contribution in [2.45, 2.75) is 6.42 Å². The molecule has 0 unspecified atom stereocenters. The molecule has 106 valence electrons. The minimum absolute atomic E-state index is 0.0319. The van der Waals surface area contributed by atoms with Crippen LogP contribution in [0.3, 0.4) is 0 Å². The standard InChI is InChI=1S/C13H19FN2O3/c1-18-7-8-19-6-2-5-16-13(17)10-3-4-11(14)12(15)9-10/h3-4,9H,2,5-8,15H2,1H3,(H,16,17). The lowest BCUT2D eigenvalue weighted by molar-refractivity contribution is 0.0688. The van der Waals surface area contributed by atoms with E-state index in [1.54, 1.807) is 7.11 Å². The van der Waals surface area contributed by atoms with Crippen LogP contribution in [0.2, 0.25) is 0 Å². The molecule has 0 saturated heterocycles. The van der Waals surface area contributed by atoms with Crippen molar-refractivity contribution >= 4 is 11.6 Å². The van der Waals surface area contributed by atoms with Crippen LogP contribution in [0.15, 0.2) is 18.2 Å². The monoisotopic (exact) mass is 270 g/mol. The van der Waals surface area contributed by atoms with Crippen LogP contribution < -0.4 is 11.1 Å². The summed E-state index contributed by atoms with van der Waals surface area (Å²) in [6.07, 6.45) is 0.701. The molecule has 1 amide bonds. The highest BCUT2D eigenvalue weighted by Crippen LogP contribution is 2.11. The third-order valence-electron chi connectivity index (χ3n) is 2.44. The van der Waals surface area contributed by atoms with Crippen LogP contribution in [-0.4, -0.2) is 39.4 Å². The van der Waals surface area contributed by atoms with Crippen LogP contribution in [0.1, 0.15) is 16.8 Å². The molecule has 0 atom stereocenters. The van der Waals surface area contributed by atoms with Crippen LogP contribution in [0.4, 0.5) is 10.1 Å². The van der Waals surface area contributed by atoms with E-state index >= 15 is 0 Å². The molecule has 0 bridgehead atoms. The average molecular weight is 270 g/mol. The van der Waals surface area contributed by atoms with Gasteiger partial charge >= 0.3 is 0 Å². The first-order valence-electron chi connectivity index (χ1n) is 6.05. The molecular formula is C13H19FN2O3. The van der Waals surface area contributed by atoms with Gasteiger partial charge in [-0.1, -0.05) is 0 Å². The molecule has 0 saturated carbocycles. The van der Waals surface area contributed by atoms with Gasteiger partial charge in [-0.05, 0) is 24.6 Å². The van der Waals surface area contributed by atoms with Gasteiger partial charge in [-0.25, -0.2) is 4.39 Å². The molecule has 0 aliphatic carbocycles. The van der Waals surface area contributed by atoms with Gasteiger partial charge in [0.15, 0.2) is 0 Å². The highest BCUT2D eigenvalue weighted by Gasteiger charge is 2.07. The maximum Gasteiger partial charge on any atom is 0.251 e. The van der Waals surface area contributed by atoms with Crippen LogP contribution in [-0.2, 0) is 9.47 Å². The fourth-order valence-corrected chi connectivity index (χ4v) is 1.41. The van der Waals surface area contributed by atoms with Crippen LogP contribution in [0.5, 0.6) is 0 Å². The Morgan fingerprint density at radius 1 is 1.37 bits per heavy atom. The Kier molecular flexibility index (Phi) is 6.84. The van der Waals surface area contributed by atoms with E-state index in [1.807, 2.05) is 0 Å². The number of methoxy groups -OCH3 is 1. The van der Waals surface area contributed by atoms with Gasteiger partial charge in [0.05, 0.1) is 18.9 Å². The zero-order chi connectivity index (χ0) is 14.1. The van der Waals surface area contributed by atoms with Crippen molar-refractivity contribution in [2.75, 3.05) is 39.2 Å². The average Bonchev–Trinajstić information content (AvgIpc) is 2.40. The second kappa shape index (κ2) is 8.44. The summed E-state index contributed by atoms with van der Waals surface area (Å²) < 4.78 is 23.0. The summed E-state index contributed by atoms with van der Waals surface area (Å²) in [5.41, 5.74) is 5.71. The van der Waals surface area contributed by atoms with Crippen LogP contribution in [0.25, 0.3) is 0 Å². The molecule has 0 fully saturated rings. The molecule has 19 heavy (non-hydrogen) atoms. The molecule has 0 aliphatic rings. The third-order valence-corrected chi connectivity index (χ3v) is 2.44. The zero-order valence-electron chi connectivity index (χ0n) is 10.9. The molecule has 1 aromatic carbocycles. The predicted molar refractivity (Wildman–Crippen MR) is 70.5 cm³/mol. The van der Waals surface area contributed by atoms with E-state index < -0.39 is 5.82 Å². The topological polar surface area (TPSA) is 73.6 Å². The quantitative estimate of drug-likeness (QED) is 0.550. The Hall–Kier alpha value is -1.66. The summed E-state index contributed by atoms with van der Waals surface area (Å²) in [6, 6.07) is 3.90. The van der Waals surface area contributed by atoms with E-state index in [2.05, 4.69) is 5.32 Å². The van der Waals surface area contributed by atoms with Gasteiger partial charge < -0.3 is 20.5 Å². The number of rotatable bonds is 8. The summed E-state index contributed by atoms with van der Waals surface area (Å²) in [5, 5.41) is 2.71. The van der Waals surface area contributed by atoms with Gasteiger partial charge in [-0.2, -0.15) is 0 Å². The van der Waals surface area contributed by atoms with E-state index in [0.717, 1.165) is 0 Å². The maximum absolute atomic E-state index is 12.9. The van der Waals surface area contributed by atoms with E-state index in [-0.39, 0.29) is 11.6 Å². The molecule has 1 aromatic rings. The van der Waals surface area contributed by atoms with Crippen molar-refractivity contribution < 1.29 is 18.7 Å². The van der Waals surface area contributed by atoms with Crippen molar-refractivity contribution in [1.82, 2.24) is 5.32 Å². The van der Waals surface area contributed by atoms with Gasteiger partial charge in [0.2, 0.25) is 0 Å². The molecule has 6 heteroatoms. The first-order valence-corrected chi connectivity index (χ1v) is 6.05. The number of amides is 1. The zero-order valence-corrected chi connectivity index (χ0v) is 10.9. The maximum atomic E-state index is 12.9. The van der Waals surface area contributed by atoms with Gasteiger partial charge in [0, 0.05) is 25.8 Å². The van der Waals surface area contributed by atoms with Crippen LogP contribution in [0, 0.1) is 5.82 Å². The van der Waals surface area contributed by atoms with E-state index in [9.17, 15) is 9.18 Å². The first kappa shape index (κ1) is 15.4. The molecule has 0 aromatic heterocycles. The summed E-state index contributed by atoms with van der Waals surface area (Å²) in [6.45, 7) is 2.14. The molecule has 5 nitrogen and oxygen atoms in total. The highest BCUT2D eigenvalue weighted by molar-refractivity contribution is 5.94. The number of nitrogens with two attached hydrogens (primary N) is 1. The number of carbonyl (C=O) groups excluding carboxylic acids is 1. The Balaban J connectivity index is 2.22. The number of ether oxygens (including phenoxy) is 2. The van der Waals surface area contributed by atoms with Crippen molar-refractivity contribution in [3.8, 4) is 0 Å². The lowest BCUT2D eigenvalue weighted by Crippen LogP contribution is -2.25. The van der Waals surface area contributed by atoms with E-state index in [0.29, 0.717) is 38.3 Å². The van der Waals surface area contributed by atoms with E-state index in [1.165, 1.54) is 18.2 Å². The minimum atomic E-state index is -0.525. The Morgan fingerprint density at radius 2 is 2.16 bits per heavy atom. The summed E-state index contributed by atoms with van der Waals surface area (Å²) in [5.74, 6) is -0.799. The second-order valence-electron chi connectivity index (χ2n) is 3.95. The molecule has 0 aliphatic heterocycles. The number of nitrogens with one attached hydrogen (secondary N) is 1. The Labute approximate surface area is 111 Å². The third kappa shape index (κ3) is 5.67. The fraction of sp³-hybridized carbons (Fsp3) is 0.462. The Bertz CT molecular complexity index is 413. The normalized spacial score (nSPS) is 10.4. The molecule has 3 N–H and O–H groups in total. The number of carbonyl (C=O) groups is 1. The number of nitrogen functional groups attached to an aromatic ring is 1. The number of halogens is 1. The smallest absolute Gasteiger partial charge is 0.251 e. The van der Waals surface area contributed by atoms with Crippen molar-refractivity contribution in [1.29, 1.82) is 0 Å². The van der Waals surface area contributed by atoms with Gasteiger partial charge in [-0.3, -0.25) is 4.79 Å². The summed E-state index contributed by atoms with van der Waals surface area (Å²) >= 11 is 0. The van der Waals surface area contributed by atoms with Crippen molar-refractivity contribution in [3.63, 3.8) is 0 Å². The SMILES string of the molecule is COCCOCCCNC(=O)c1ccc(F)c(N)c1. The lowest BCUT2D eigenvalue weighted by atomic mass is 10.2. The second-order valence-corrected chi connectivity index (χ2v) is 3.95. The number of anilines is 1. The predicted octanol–water partition coefficient (Wildman–Crippen LogP) is 1.19. The highest BCUT2D eigenvalue weighted by atomic mass is 19.1. The molecule has 0 heterocycles. The molecule has 1 rings (SSSR count). The number of hydrogen-bond acceptors (Lipinski definition) is 4. The number of hydrogen-bond donors (Lipinski definition) is 2. The molecule has 0 radical (unpaired) electrons. The molecule has 0 spiro atoms. The van der Waals surface area contributed by atoms with Crippen LogP contribution >= 0.6 is 0 Å². The summed E-state index contributed by atoms with van der Waals surface area (Å²) in [4.78, 5) is 11.7. The van der Waals surface area contributed by atoms with E-state index in [4.69, 9.17) is 15.2 Å². The first-order chi connectivity index (χ1) is 9.15. The van der Waals surface area contributed by atoms with Crippen molar-refractivity contribution in [3.05, 3.63) is 29.6 Å². The fourth-order valence-electron chi connectivity index (χ4n) is 1.41. The largest absolute Gasteiger partial charge is 0.396 e. The van der Waals surface area contributed by atoms with Gasteiger partial charge in [-0.15, -0.1) is 0 Å². The van der Waals surface area contributed by atoms with Crippen molar-refractivity contribution in [2.24, 2.45) is 0 Å².